The van der Waals surface area contributed by atoms with E-state index in [1.165, 1.54) is 12.4 Å². The van der Waals surface area contributed by atoms with E-state index in [1.807, 2.05) is 6.20 Å². The first kappa shape index (κ1) is 29.0. The molecular weight excluding hydrogens is 604 g/mol. The molecule has 2 bridgehead atoms. The van der Waals surface area contributed by atoms with E-state index in [0.29, 0.717) is 68.7 Å². The zero-order valence-electron chi connectivity index (χ0n) is 24.2. The third-order valence-electron chi connectivity index (χ3n) is 8.43. The van der Waals surface area contributed by atoms with Crippen LogP contribution >= 0.6 is 11.6 Å². The number of hydrogen-bond acceptors (Lipinski definition) is 7. The maximum Gasteiger partial charge on any atom is 0.340 e. The van der Waals surface area contributed by atoms with Gasteiger partial charge in [0.2, 0.25) is 5.91 Å². The molecule has 13 heteroatoms. The van der Waals surface area contributed by atoms with Gasteiger partial charge in [-0.1, -0.05) is 30.2 Å². The Morgan fingerprint density at radius 2 is 1.89 bits per heavy atom. The number of fused-ring (bicyclic) bond motifs is 4. The summed E-state index contributed by atoms with van der Waals surface area (Å²) in [5.74, 6) is -0.503. The first-order valence-corrected chi connectivity index (χ1v) is 15.1. The van der Waals surface area contributed by atoms with Gasteiger partial charge in [-0.05, 0) is 68.1 Å². The summed E-state index contributed by atoms with van der Waals surface area (Å²) in [6.45, 7) is -1.16. The summed E-state index contributed by atoms with van der Waals surface area (Å²) >= 11 is 6.36. The molecular formula is C32H28ClF2N7O3. The molecule has 1 aromatic carbocycles. The molecule has 0 saturated heterocycles. The van der Waals surface area contributed by atoms with Crippen molar-refractivity contribution >= 4 is 23.2 Å². The SMILES string of the molecule is C[C@H]1CCC[C@H](c2ccc(-c3cc(Cl)ccc3-n3cc(C4CC4)nn3)oc2=O)c2cc(ccn2)-c2c(cnn2C(F)F)NC1=O. The molecule has 1 N–H and O–H groups in total. The second-order valence-electron chi connectivity index (χ2n) is 11.5. The first-order valence-electron chi connectivity index (χ1n) is 14.8. The van der Waals surface area contributed by atoms with Gasteiger partial charge in [-0.25, -0.2) is 14.2 Å². The van der Waals surface area contributed by atoms with E-state index in [2.05, 4.69) is 25.7 Å². The zero-order chi connectivity index (χ0) is 31.2. The Kier molecular flexibility index (Phi) is 7.52. The average molecular weight is 632 g/mol. The van der Waals surface area contributed by atoms with Gasteiger partial charge < -0.3 is 9.73 Å². The van der Waals surface area contributed by atoms with E-state index in [4.69, 9.17) is 16.0 Å². The van der Waals surface area contributed by atoms with Crippen molar-refractivity contribution in [2.24, 2.45) is 5.92 Å². The number of carbonyl (C=O) groups is 1. The van der Waals surface area contributed by atoms with Gasteiger partial charge in [0.25, 0.3) is 0 Å². The normalized spacial score (nSPS) is 18.6. The topological polar surface area (TPSA) is 121 Å². The highest BCUT2D eigenvalue weighted by Gasteiger charge is 2.29. The van der Waals surface area contributed by atoms with Gasteiger partial charge in [-0.15, -0.1) is 5.10 Å². The van der Waals surface area contributed by atoms with Crippen LogP contribution in [0.3, 0.4) is 0 Å². The summed E-state index contributed by atoms with van der Waals surface area (Å²) in [7, 11) is 0. The fourth-order valence-electron chi connectivity index (χ4n) is 5.85. The van der Waals surface area contributed by atoms with Crippen molar-refractivity contribution in [3.05, 3.63) is 93.4 Å². The van der Waals surface area contributed by atoms with Crippen LogP contribution in [0.1, 0.15) is 74.4 Å². The molecule has 5 aromatic rings. The molecule has 4 aromatic heterocycles. The van der Waals surface area contributed by atoms with Crippen molar-refractivity contribution in [3.63, 3.8) is 0 Å². The average Bonchev–Trinajstić information content (AvgIpc) is 3.60. The molecule has 1 fully saturated rings. The maximum atomic E-state index is 14.0. The van der Waals surface area contributed by atoms with Crippen LogP contribution in [-0.4, -0.2) is 35.7 Å². The van der Waals surface area contributed by atoms with Crippen molar-refractivity contribution in [3.8, 4) is 28.3 Å². The van der Waals surface area contributed by atoms with Crippen LogP contribution in [-0.2, 0) is 4.79 Å². The number of amides is 1. The smallest absolute Gasteiger partial charge is 0.340 e. The molecule has 230 valence electrons. The summed E-state index contributed by atoms with van der Waals surface area (Å²) < 4.78 is 36.1. The van der Waals surface area contributed by atoms with Gasteiger partial charge >= 0.3 is 12.2 Å². The lowest BCUT2D eigenvalue weighted by atomic mass is 9.88. The van der Waals surface area contributed by atoms with E-state index in [0.717, 1.165) is 18.5 Å². The van der Waals surface area contributed by atoms with Crippen LogP contribution in [0.5, 0.6) is 0 Å². The van der Waals surface area contributed by atoms with E-state index in [9.17, 15) is 18.4 Å². The Balaban J connectivity index is 1.30. The Morgan fingerprint density at radius 3 is 2.67 bits per heavy atom. The highest BCUT2D eigenvalue weighted by molar-refractivity contribution is 6.31. The quantitative estimate of drug-likeness (QED) is 0.222. The number of benzene rings is 1. The first-order chi connectivity index (χ1) is 21.8. The summed E-state index contributed by atoms with van der Waals surface area (Å²) in [5, 5.41) is 15.6. The number of carbonyl (C=O) groups excluding carboxylic acids is 1. The third kappa shape index (κ3) is 5.66. The predicted molar refractivity (Wildman–Crippen MR) is 163 cm³/mol. The fraction of sp³-hybridized carbons (Fsp3) is 0.312. The molecule has 45 heavy (non-hydrogen) atoms. The van der Waals surface area contributed by atoms with Crippen molar-refractivity contribution in [2.75, 3.05) is 5.32 Å². The van der Waals surface area contributed by atoms with Gasteiger partial charge in [0.15, 0.2) is 0 Å². The fourth-order valence-corrected chi connectivity index (χ4v) is 6.02. The van der Waals surface area contributed by atoms with Gasteiger partial charge in [0.1, 0.15) is 5.76 Å². The standard InChI is InChI=1S/C32H28ClF2N7O3/c1-17-3-2-4-21(24-13-19(11-12-36-24)29-25(38-30(17)43)15-37-42(29)32(34)35)22-8-10-28(45-31(22)44)23-14-20(33)7-9-27(23)41-16-26(39-40-41)18-5-6-18/h7-18,21,32H,2-6H2,1H3,(H,38,43)/t17-,21+/m0/s1. The van der Waals surface area contributed by atoms with Gasteiger partial charge in [-0.3, -0.25) is 9.78 Å². The highest BCUT2D eigenvalue weighted by atomic mass is 35.5. The lowest BCUT2D eigenvalue weighted by Crippen LogP contribution is -2.22. The number of nitrogens with one attached hydrogen (secondary N) is 1. The van der Waals surface area contributed by atoms with Crippen LogP contribution in [0.25, 0.3) is 28.3 Å². The second-order valence-corrected chi connectivity index (χ2v) is 12.0. The molecule has 10 nitrogen and oxygen atoms in total. The Bertz CT molecular complexity index is 1970. The molecule has 2 atom stereocenters. The number of pyridine rings is 1. The molecule has 0 radical (unpaired) electrons. The van der Waals surface area contributed by atoms with Crippen molar-refractivity contribution in [2.45, 2.75) is 57.4 Å². The van der Waals surface area contributed by atoms with Crippen molar-refractivity contribution < 1.29 is 18.0 Å². The Labute approximate surface area is 261 Å². The van der Waals surface area contributed by atoms with E-state index in [-0.39, 0.29) is 17.3 Å². The molecule has 1 aliphatic heterocycles. The number of anilines is 1. The van der Waals surface area contributed by atoms with E-state index in [1.54, 1.807) is 54.1 Å². The van der Waals surface area contributed by atoms with Crippen LogP contribution in [0.2, 0.25) is 5.02 Å². The van der Waals surface area contributed by atoms with Crippen LogP contribution in [0.4, 0.5) is 14.5 Å². The summed E-state index contributed by atoms with van der Waals surface area (Å²) in [6, 6.07) is 11.9. The Hall–Kier alpha value is -4.71. The second kappa shape index (κ2) is 11.7. The van der Waals surface area contributed by atoms with Crippen LogP contribution in [0, 0.1) is 5.92 Å². The van der Waals surface area contributed by atoms with Crippen molar-refractivity contribution in [1.29, 1.82) is 0 Å². The highest BCUT2D eigenvalue weighted by Crippen LogP contribution is 2.40. The summed E-state index contributed by atoms with van der Waals surface area (Å²) in [4.78, 5) is 31.2. The minimum absolute atomic E-state index is 0.0577. The number of alkyl halides is 2. The van der Waals surface area contributed by atoms with E-state index < -0.39 is 24.0 Å². The van der Waals surface area contributed by atoms with Gasteiger partial charge in [0, 0.05) is 51.4 Å². The lowest BCUT2D eigenvalue weighted by Gasteiger charge is -2.20. The number of hydrogen-bond donors (Lipinski definition) is 1. The number of aromatic nitrogens is 6. The van der Waals surface area contributed by atoms with Crippen LogP contribution in [0.15, 0.2) is 70.3 Å². The Morgan fingerprint density at radius 1 is 1.04 bits per heavy atom. The minimum Gasteiger partial charge on any atom is -0.422 e. The molecule has 1 saturated carbocycles. The van der Waals surface area contributed by atoms with Gasteiger partial charge in [-0.2, -0.15) is 13.9 Å². The third-order valence-corrected chi connectivity index (χ3v) is 8.67. The lowest BCUT2D eigenvalue weighted by molar-refractivity contribution is -0.119. The van der Waals surface area contributed by atoms with Crippen LogP contribution < -0.4 is 10.9 Å². The zero-order valence-corrected chi connectivity index (χ0v) is 24.9. The van der Waals surface area contributed by atoms with E-state index >= 15 is 0 Å². The number of rotatable bonds is 5. The van der Waals surface area contributed by atoms with Crippen molar-refractivity contribution in [1.82, 2.24) is 29.8 Å². The summed E-state index contributed by atoms with van der Waals surface area (Å²) in [5.41, 5.74) is 3.08. The van der Waals surface area contributed by atoms with Gasteiger partial charge in [0.05, 0.1) is 35.2 Å². The minimum atomic E-state index is -2.93. The molecule has 2 aliphatic rings. The molecule has 0 unspecified atom stereocenters. The molecule has 1 aliphatic carbocycles. The maximum absolute atomic E-state index is 14.0. The molecule has 5 heterocycles. The molecule has 1 amide bonds. The molecule has 0 spiro atoms. The number of nitrogens with zero attached hydrogens (tertiary/aromatic N) is 6. The number of halogens is 3. The summed E-state index contributed by atoms with van der Waals surface area (Å²) in [6.07, 6.45) is 8.37. The monoisotopic (exact) mass is 631 g/mol. The molecule has 7 rings (SSSR count). The predicted octanol–water partition coefficient (Wildman–Crippen LogP) is 6.96. The largest absolute Gasteiger partial charge is 0.422 e.